The minimum Gasteiger partial charge on any atom is -0.482 e. The van der Waals surface area contributed by atoms with Crippen LogP contribution in [-0.2, 0) is 14.3 Å². The largest absolute Gasteiger partial charge is 0.482 e. The lowest BCUT2D eigenvalue weighted by Gasteiger charge is -2.35. The highest BCUT2D eigenvalue weighted by Gasteiger charge is 2.30. The van der Waals surface area contributed by atoms with E-state index >= 15 is 0 Å². The molecule has 2 rings (SSSR count). The number of amides is 1. The fourth-order valence-electron chi connectivity index (χ4n) is 3.04. The van der Waals surface area contributed by atoms with Crippen molar-refractivity contribution in [3.8, 4) is 5.75 Å². The Hall–Kier alpha value is -2.11. The van der Waals surface area contributed by atoms with Crippen LogP contribution in [0.3, 0.4) is 0 Å². The van der Waals surface area contributed by atoms with Crippen molar-refractivity contribution < 1.29 is 23.5 Å². The second-order valence-corrected chi connectivity index (χ2v) is 6.76. The van der Waals surface area contributed by atoms with E-state index in [4.69, 9.17) is 9.47 Å². The summed E-state index contributed by atoms with van der Waals surface area (Å²) in [6.07, 6.45) is 2.34. The number of ether oxygens (including phenoxy) is 2. The molecule has 0 bridgehead atoms. The van der Waals surface area contributed by atoms with Crippen molar-refractivity contribution >= 4 is 11.9 Å². The van der Waals surface area contributed by atoms with E-state index in [-0.39, 0.29) is 24.4 Å². The van der Waals surface area contributed by atoms with Gasteiger partial charge >= 0.3 is 5.97 Å². The van der Waals surface area contributed by atoms with Crippen molar-refractivity contribution in [1.29, 1.82) is 0 Å². The van der Waals surface area contributed by atoms with E-state index in [0.717, 1.165) is 12.8 Å². The molecule has 6 heteroatoms. The molecule has 1 fully saturated rings. The van der Waals surface area contributed by atoms with Crippen molar-refractivity contribution in [1.82, 2.24) is 5.32 Å². The van der Waals surface area contributed by atoms with Gasteiger partial charge in [-0.25, -0.2) is 9.18 Å². The van der Waals surface area contributed by atoms with Crippen LogP contribution in [0.25, 0.3) is 0 Å². The first-order valence-electron chi connectivity index (χ1n) is 8.75. The van der Waals surface area contributed by atoms with Crippen LogP contribution in [0.5, 0.6) is 5.75 Å². The minimum atomic E-state index is -0.881. The van der Waals surface area contributed by atoms with Gasteiger partial charge in [-0.1, -0.05) is 26.7 Å². The Morgan fingerprint density at radius 3 is 2.60 bits per heavy atom. The highest BCUT2D eigenvalue weighted by Crippen LogP contribution is 2.29. The quantitative estimate of drug-likeness (QED) is 0.800. The first-order chi connectivity index (χ1) is 11.9. The number of esters is 1. The van der Waals surface area contributed by atoms with Gasteiger partial charge in [0.25, 0.3) is 5.91 Å². The van der Waals surface area contributed by atoms with E-state index in [1.807, 2.05) is 0 Å². The first kappa shape index (κ1) is 19.2. The molecule has 1 amide bonds. The van der Waals surface area contributed by atoms with Crippen LogP contribution in [0.1, 0.15) is 40.0 Å². The summed E-state index contributed by atoms with van der Waals surface area (Å²) in [6, 6.07) is 5.44. The predicted molar refractivity (Wildman–Crippen MR) is 91.6 cm³/mol. The average molecular weight is 351 g/mol. The zero-order valence-electron chi connectivity index (χ0n) is 15.0. The third-order valence-corrected chi connectivity index (χ3v) is 4.88. The molecule has 0 aliphatic heterocycles. The number of carbonyl (C=O) groups excluding carboxylic acids is 2. The van der Waals surface area contributed by atoms with Crippen LogP contribution in [0.2, 0.25) is 0 Å². The van der Waals surface area contributed by atoms with Gasteiger partial charge in [0, 0.05) is 6.04 Å². The summed E-state index contributed by atoms with van der Waals surface area (Å²) in [6.45, 7) is 5.55. The molecular formula is C19H26FNO4. The monoisotopic (exact) mass is 351 g/mol. The van der Waals surface area contributed by atoms with Crippen LogP contribution in [0.4, 0.5) is 4.39 Å². The van der Waals surface area contributed by atoms with E-state index in [2.05, 4.69) is 19.2 Å². The Morgan fingerprint density at radius 2 is 1.92 bits per heavy atom. The zero-order valence-corrected chi connectivity index (χ0v) is 15.0. The highest BCUT2D eigenvalue weighted by atomic mass is 19.1. The van der Waals surface area contributed by atoms with Crippen LogP contribution in [0, 0.1) is 17.7 Å². The Morgan fingerprint density at radius 1 is 1.24 bits per heavy atom. The lowest BCUT2D eigenvalue weighted by molar-refractivity contribution is -0.157. The van der Waals surface area contributed by atoms with Gasteiger partial charge in [0.1, 0.15) is 11.6 Å². The third kappa shape index (κ3) is 5.73. The SMILES string of the molecule is C[C@@H]1[C@@H](C)CCC[C@H]1NC(=O)[C@@H](C)OC(=O)COc1ccc(F)cc1. The Kier molecular flexibility index (Phi) is 6.79. The summed E-state index contributed by atoms with van der Waals surface area (Å²) in [5.41, 5.74) is 0. The molecule has 0 spiro atoms. The molecule has 4 atom stereocenters. The number of nitrogens with one attached hydrogen (secondary N) is 1. The minimum absolute atomic E-state index is 0.118. The van der Waals surface area contributed by atoms with E-state index in [1.165, 1.54) is 30.7 Å². The fourth-order valence-corrected chi connectivity index (χ4v) is 3.04. The van der Waals surface area contributed by atoms with Crippen molar-refractivity contribution in [3.05, 3.63) is 30.1 Å². The lowest BCUT2D eigenvalue weighted by atomic mass is 9.78. The van der Waals surface area contributed by atoms with E-state index in [9.17, 15) is 14.0 Å². The summed E-state index contributed by atoms with van der Waals surface area (Å²) in [4.78, 5) is 24.0. The van der Waals surface area contributed by atoms with E-state index in [0.29, 0.717) is 17.6 Å². The molecule has 25 heavy (non-hydrogen) atoms. The molecule has 0 unspecified atom stereocenters. The van der Waals surface area contributed by atoms with Crippen LogP contribution in [0.15, 0.2) is 24.3 Å². The molecule has 138 valence electrons. The molecule has 0 aromatic heterocycles. The number of benzene rings is 1. The molecule has 5 nitrogen and oxygen atoms in total. The molecular weight excluding hydrogens is 325 g/mol. The van der Waals surface area contributed by atoms with Crippen LogP contribution < -0.4 is 10.1 Å². The van der Waals surface area contributed by atoms with Gasteiger partial charge in [-0.3, -0.25) is 4.79 Å². The summed E-state index contributed by atoms with van der Waals surface area (Å²) < 4.78 is 23.1. The fraction of sp³-hybridized carbons (Fsp3) is 0.579. The van der Waals surface area contributed by atoms with Crippen molar-refractivity contribution in [2.45, 2.75) is 52.2 Å². The van der Waals surface area contributed by atoms with E-state index < -0.39 is 12.1 Å². The smallest absolute Gasteiger partial charge is 0.344 e. The van der Waals surface area contributed by atoms with Gasteiger partial charge in [0.05, 0.1) is 0 Å². The van der Waals surface area contributed by atoms with Gasteiger partial charge in [-0.2, -0.15) is 0 Å². The Labute approximate surface area is 147 Å². The second kappa shape index (κ2) is 8.83. The molecule has 1 N–H and O–H groups in total. The van der Waals surface area contributed by atoms with Crippen molar-refractivity contribution in [2.24, 2.45) is 11.8 Å². The molecule has 1 aromatic rings. The van der Waals surface area contributed by atoms with Crippen LogP contribution >= 0.6 is 0 Å². The number of carbonyl (C=O) groups is 2. The normalized spacial score (nSPS) is 24.2. The molecule has 1 aliphatic carbocycles. The maximum atomic E-state index is 12.8. The molecule has 0 radical (unpaired) electrons. The number of halogens is 1. The summed E-state index contributed by atoms with van der Waals surface area (Å²) in [7, 11) is 0. The second-order valence-electron chi connectivity index (χ2n) is 6.76. The molecule has 1 aromatic carbocycles. The predicted octanol–water partition coefficient (Wildman–Crippen LogP) is 3.08. The van der Waals surface area contributed by atoms with Crippen LogP contribution in [-0.4, -0.2) is 30.6 Å². The first-order valence-corrected chi connectivity index (χ1v) is 8.75. The zero-order chi connectivity index (χ0) is 18.4. The van der Waals surface area contributed by atoms with E-state index in [1.54, 1.807) is 6.92 Å². The highest BCUT2D eigenvalue weighted by molar-refractivity contribution is 5.83. The van der Waals surface area contributed by atoms with Gasteiger partial charge in [0.2, 0.25) is 0 Å². The van der Waals surface area contributed by atoms with Crippen molar-refractivity contribution in [2.75, 3.05) is 6.61 Å². The maximum Gasteiger partial charge on any atom is 0.344 e. The molecule has 0 saturated heterocycles. The number of hydrogen-bond acceptors (Lipinski definition) is 4. The third-order valence-electron chi connectivity index (χ3n) is 4.88. The topological polar surface area (TPSA) is 64.6 Å². The van der Waals surface area contributed by atoms with Gasteiger partial charge in [-0.05, 0) is 49.4 Å². The maximum absolute atomic E-state index is 12.8. The summed E-state index contributed by atoms with van der Waals surface area (Å²) >= 11 is 0. The number of hydrogen-bond donors (Lipinski definition) is 1. The molecule has 1 aliphatic rings. The lowest BCUT2D eigenvalue weighted by Crippen LogP contribution is -2.47. The molecule has 1 saturated carbocycles. The number of rotatable bonds is 6. The van der Waals surface area contributed by atoms with Crippen molar-refractivity contribution in [3.63, 3.8) is 0 Å². The Bertz CT molecular complexity index is 590. The molecule has 0 heterocycles. The van der Waals surface area contributed by atoms with Gasteiger partial charge in [-0.15, -0.1) is 0 Å². The van der Waals surface area contributed by atoms with Gasteiger partial charge in [0.15, 0.2) is 12.7 Å². The summed E-state index contributed by atoms with van der Waals surface area (Å²) in [5, 5.41) is 2.99. The standard InChI is InChI=1S/C19H26FNO4/c1-12-5-4-6-17(13(12)2)21-19(23)14(3)25-18(22)11-24-16-9-7-15(20)8-10-16/h7-10,12-14,17H,4-6,11H2,1-3H3,(H,21,23)/t12-,13+,14+,17+/m0/s1. The average Bonchev–Trinajstić information content (AvgIpc) is 2.58. The van der Waals surface area contributed by atoms with Gasteiger partial charge < -0.3 is 14.8 Å². The summed E-state index contributed by atoms with van der Waals surface area (Å²) in [5.74, 6) is 0.0218. The Balaban J connectivity index is 1.75.